The van der Waals surface area contributed by atoms with Crippen LogP contribution < -0.4 is 5.32 Å². The molecule has 0 amide bonds. The lowest BCUT2D eigenvalue weighted by molar-refractivity contribution is 0.0932. The van der Waals surface area contributed by atoms with Crippen LogP contribution in [0, 0.1) is 12.3 Å². The number of hydrogen-bond donors (Lipinski definition) is 2. The molecule has 0 aromatic heterocycles. The third kappa shape index (κ3) is 3.05. The van der Waals surface area contributed by atoms with Crippen molar-refractivity contribution in [3.8, 4) is 0 Å². The lowest BCUT2D eigenvalue weighted by Crippen LogP contribution is -2.40. The van der Waals surface area contributed by atoms with Crippen LogP contribution in [-0.2, 0) is 6.42 Å². The highest BCUT2D eigenvalue weighted by Gasteiger charge is 2.22. The summed E-state index contributed by atoms with van der Waals surface area (Å²) in [5.41, 5.74) is 1.32. The summed E-state index contributed by atoms with van der Waals surface area (Å²) < 4.78 is 0. The van der Waals surface area contributed by atoms with Gasteiger partial charge >= 0.3 is 0 Å². The summed E-state index contributed by atoms with van der Waals surface area (Å²) in [6.07, 6.45) is 3.89. The SMILES string of the molecule is OC1CCNCC1[CH]Cc1ccccc1. The van der Waals surface area contributed by atoms with E-state index in [1.54, 1.807) is 0 Å². The molecule has 81 valence electrons. The highest BCUT2D eigenvalue weighted by molar-refractivity contribution is 5.17. The van der Waals surface area contributed by atoms with E-state index in [0.717, 1.165) is 25.9 Å². The van der Waals surface area contributed by atoms with Gasteiger partial charge in [-0.2, -0.15) is 0 Å². The predicted molar refractivity (Wildman–Crippen MR) is 61.4 cm³/mol. The van der Waals surface area contributed by atoms with Crippen LogP contribution >= 0.6 is 0 Å². The second kappa shape index (κ2) is 5.29. The number of aliphatic hydroxyl groups excluding tert-OH is 1. The molecule has 2 heteroatoms. The maximum absolute atomic E-state index is 9.78. The first kappa shape index (κ1) is 10.7. The molecule has 1 saturated heterocycles. The number of aliphatic hydroxyl groups is 1. The molecule has 2 N–H and O–H groups in total. The van der Waals surface area contributed by atoms with Crippen molar-refractivity contribution < 1.29 is 5.11 Å². The largest absolute Gasteiger partial charge is 0.393 e. The van der Waals surface area contributed by atoms with Gasteiger partial charge < -0.3 is 10.4 Å². The highest BCUT2D eigenvalue weighted by atomic mass is 16.3. The first-order chi connectivity index (χ1) is 7.36. The summed E-state index contributed by atoms with van der Waals surface area (Å²) in [5, 5.41) is 13.1. The summed E-state index contributed by atoms with van der Waals surface area (Å²) in [5.74, 6) is 0.305. The van der Waals surface area contributed by atoms with Gasteiger partial charge in [0.2, 0.25) is 0 Å². The van der Waals surface area contributed by atoms with Gasteiger partial charge in [0.1, 0.15) is 0 Å². The molecule has 0 spiro atoms. The molecule has 2 nitrogen and oxygen atoms in total. The van der Waals surface area contributed by atoms with Gasteiger partial charge in [0.25, 0.3) is 0 Å². The van der Waals surface area contributed by atoms with Crippen LogP contribution in [0.1, 0.15) is 12.0 Å². The Morgan fingerprint density at radius 1 is 1.33 bits per heavy atom. The van der Waals surface area contributed by atoms with Gasteiger partial charge in [0, 0.05) is 12.5 Å². The Labute approximate surface area is 91.3 Å². The van der Waals surface area contributed by atoms with E-state index < -0.39 is 0 Å². The Bertz CT molecular complexity index is 286. The van der Waals surface area contributed by atoms with E-state index in [1.165, 1.54) is 5.56 Å². The molecule has 2 atom stereocenters. The van der Waals surface area contributed by atoms with Crippen molar-refractivity contribution in [3.05, 3.63) is 42.3 Å². The van der Waals surface area contributed by atoms with Crippen molar-refractivity contribution >= 4 is 0 Å². The van der Waals surface area contributed by atoms with Crippen molar-refractivity contribution in [2.75, 3.05) is 13.1 Å². The molecule has 1 radical (unpaired) electrons. The van der Waals surface area contributed by atoms with E-state index in [2.05, 4.69) is 36.0 Å². The zero-order valence-corrected chi connectivity index (χ0v) is 8.89. The average molecular weight is 204 g/mol. The Hall–Kier alpha value is -0.860. The molecule has 2 rings (SSSR count). The van der Waals surface area contributed by atoms with Gasteiger partial charge in [-0.1, -0.05) is 30.3 Å². The topological polar surface area (TPSA) is 32.3 Å². The van der Waals surface area contributed by atoms with Crippen LogP contribution in [0.4, 0.5) is 0 Å². The zero-order chi connectivity index (χ0) is 10.5. The number of benzene rings is 1. The molecule has 1 aliphatic rings. The van der Waals surface area contributed by atoms with Gasteiger partial charge in [0.15, 0.2) is 0 Å². The quantitative estimate of drug-likeness (QED) is 0.780. The summed E-state index contributed by atoms with van der Waals surface area (Å²) in [6.45, 7) is 1.85. The molecule has 0 saturated carbocycles. The minimum Gasteiger partial charge on any atom is -0.393 e. The lowest BCUT2D eigenvalue weighted by Gasteiger charge is -2.28. The number of hydrogen-bond acceptors (Lipinski definition) is 2. The van der Waals surface area contributed by atoms with Crippen molar-refractivity contribution in [2.24, 2.45) is 5.92 Å². The summed E-state index contributed by atoms with van der Waals surface area (Å²) in [7, 11) is 0. The fraction of sp³-hybridized carbons (Fsp3) is 0.462. The van der Waals surface area contributed by atoms with Gasteiger partial charge in [-0.3, -0.25) is 0 Å². The van der Waals surface area contributed by atoms with Gasteiger partial charge in [-0.25, -0.2) is 0 Å². The van der Waals surface area contributed by atoms with Gasteiger partial charge in [-0.05, 0) is 31.4 Å². The minimum absolute atomic E-state index is 0.157. The second-order valence-corrected chi connectivity index (χ2v) is 4.15. The molecule has 15 heavy (non-hydrogen) atoms. The summed E-state index contributed by atoms with van der Waals surface area (Å²) >= 11 is 0. The normalized spacial score (nSPS) is 26.5. The zero-order valence-electron chi connectivity index (χ0n) is 8.89. The Kier molecular flexibility index (Phi) is 3.75. The monoisotopic (exact) mass is 204 g/mol. The maximum Gasteiger partial charge on any atom is 0.0595 e. The van der Waals surface area contributed by atoms with Crippen molar-refractivity contribution in [2.45, 2.75) is 18.9 Å². The lowest BCUT2D eigenvalue weighted by atomic mass is 9.90. The van der Waals surface area contributed by atoms with Crippen molar-refractivity contribution in [1.29, 1.82) is 0 Å². The molecule has 1 aliphatic heterocycles. The van der Waals surface area contributed by atoms with Gasteiger partial charge in [-0.15, -0.1) is 0 Å². The van der Waals surface area contributed by atoms with Crippen molar-refractivity contribution in [1.82, 2.24) is 5.32 Å². The van der Waals surface area contributed by atoms with E-state index >= 15 is 0 Å². The minimum atomic E-state index is -0.157. The van der Waals surface area contributed by atoms with Crippen LogP contribution in [0.2, 0.25) is 0 Å². The molecule has 0 bridgehead atoms. The van der Waals surface area contributed by atoms with Crippen LogP contribution in [-0.4, -0.2) is 24.3 Å². The molecule has 1 heterocycles. The number of nitrogens with one attached hydrogen (secondary N) is 1. The molecule has 0 aliphatic carbocycles. The first-order valence-electron chi connectivity index (χ1n) is 5.62. The predicted octanol–water partition coefficient (Wildman–Crippen LogP) is 1.40. The number of piperidine rings is 1. The van der Waals surface area contributed by atoms with E-state index in [4.69, 9.17) is 0 Å². The highest BCUT2D eigenvalue weighted by Crippen LogP contribution is 2.16. The Balaban J connectivity index is 1.82. The molecule has 1 fully saturated rings. The van der Waals surface area contributed by atoms with E-state index in [-0.39, 0.29) is 6.10 Å². The second-order valence-electron chi connectivity index (χ2n) is 4.15. The molecule has 1 aromatic carbocycles. The average Bonchev–Trinajstić information content (AvgIpc) is 2.29. The molecular weight excluding hydrogens is 186 g/mol. The van der Waals surface area contributed by atoms with E-state index in [0.29, 0.717) is 5.92 Å². The summed E-state index contributed by atoms with van der Waals surface area (Å²) in [4.78, 5) is 0. The fourth-order valence-electron chi connectivity index (χ4n) is 2.01. The Morgan fingerprint density at radius 3 is 2.87 bits per heavy atom. The molecule has 1 aromatic rings. The van der Waals surface area contributed by atoms with Gasteiger partial charge in [0.05, 0.1) is 6.10 Å². The van der Waals surface area contributed by atoms with Crippen LogP contribution in [0.25, 0.3) is 0 Å². The molecule has 2 unspecified atom stereocenters. The van der Waals surface area contributed by atoms with E-state index in [9.17, 15) is 5.11 Å². The third-order valence-electron chi connectivity index (χ3n) is 2.99. The number of rotatable bonds is 3. The summed E-state index contributed by atoms with van der Waals surface area (Å²) in [6, 6.07) is 10.4. The third-order valence-corrected chi connectivity index (χ3v) is 2.99. The molecular formula is C13H18NO. The van der Waals surface area contributed by atoms with Crippen LogP contribution in [0.5, 0.6) is 0 Å². The fourth-order valence-corrected chi connectivity index (χ4v) is 2.01. The smallest absolute Gasteiger partial charge is 0.0595 e. The van der Waals surface area contributed by atoms with Crippen molar-refractivity contribution in [3.63, 3.8) is 0 Å². The van der Waals surface area contributed by atoms with Crippen LogP contribution in [0.15, 0.2) is 30.3 Å². The van der Waals surface area contributed by atoms with E-state index in [1.807, 2.05) is 6.07 Å². The maximum atomic E-state index is 9.78. The first-order valence-corrected chi connectivity index (χ1v) is 5.62. The Morgan fingerprint density at radius 2 is 2.13 bits per heavy atom. The van der Waals surface area contributed by atoms with Crippen LogP contribution in [0.3, 0.4) is 0 Å². The standard InChI is InChI=1S/C13H18NO/c15-13-8-9-14-10-12(13)7-6-11-4-2-1-3-5-11/h1-5,7,12-15H,6,8-10H2.